The van der Waals surface area contributed by atoms with Crippen LogP contribution in [0.1, 0.15) is 25.8 Å². The Balaban J connectivity index is 1.89. The Morgan fingerprint density at radius 2 is 2.05 bits per heavy atom. The number of ether oxygens (including phenoxy) is 1. The van der Waals surface area contributed by atoms with E-state index in [2.05, 4.69) is 13.8 Å². The lowest BCUT2D eigenvalue weighted by Crippen LogP contribution is -2.52. The van der Waals surface area contributed by atoms with Crippen LogP contribution in [0, 0.1) is 17.3 Å². The standard InChI is InChI=1S/C18H20O3/c1-18(2)14-10-15(18)16(20)8-12(14)5-4-11-6-7-13(19)9-17(11)21-3/h4-9,14-15,19H,10H2,1-3H3. The van der Waals surface area contributed by atoms with E-state index < -0.39 is 0 Å². The molecule has 1 aromatic rings. The number of benzene rings is 1. The Morgan fingerprint density at radius 3 is 2.67 bits per heavy atom. The molecule has 0 spiro atoms. The van der Waals surface area contributed by atoms with Gasteiger partial charge in [-0.3, -0.25) is 4.79 Å². The summed E-state index contributed by atoms with van der Waals surface area (Å²) in [6, 6.07) is 5.03. The Labute approximate surface area is 124 Å². The van der Waals surface area contributed by atoms with Crippen molar-refractivity contribution in [3.8, 4) is 11.5 Å². The minimum atomic E-state index is 0.0740. The van der Waals surface area contributed by atoms with E-state index in [1.807, 2.05) is 18.2 Å². The number of allylic oxidation sites excluding steroid dienone is 3. The van der Waals surface area contributed by atoms with Crippen molar-refractivity contribution in [1.82, 2.24) is 0 Å². The zero-order valence-corrected chi connectivity index (χ0v) is 12.6. The highest BCUT2D eigenvalue weighted by Gasteiger charge is 2.54. The third kappa shape index (κ3) is 2.17. The molecule has 110 valence electrons. The molecular weight excluding hydrogens is 264 g/mol. The fourth-order valence-electron chi connectivity index (χ4n) is 3.53. The molecule has 1 fully saturated rings. The molecule has 1 N–H and O–H groups in total. The monoisotopic (exact) mass is 284 g/mol. The molecule has 0 aromatic heterocycles. The van der Waals surface area contributed by atoms with E-state index in [9.17, 15) is 9.90 Å². The predicted octanol–water partition coefficient (Wildman–Crippen LogP) is 3.59. The van der Waals surface area contributed by atoms with Gasteiger partial charge in [0.2, 0.25) is 0 Å². The molecule has 3 aliphatic carbocycles. The van der Waals surface area contributed by atoms with Crippen molar-refractivity contribution in [3.05, 3.63) is 41.5 Å². The van der Waals surface area contributed by atoms with Crippen LogP contribution in [0.3, 0.4) is 0 Å². The SMILES string of the molecule is COc1cc(O)ccc1C=CC1=CC(=O)C2CC1C2(C)C. The van der Waals surface area contributed by atoms with Crippen LogP contribution < -0.4 is 4.74 Å². The number of fused-ring (bicyclic) bond motifs is 1. The van der Waals surface area contributed by atoms with Crippen LogP contribution in [0.5, 0.6) is 11.5 Å². The van der Waals surface area contributed by atoms with E-state index in [0.29, 0.717) is 11.7 Å². The number of rotatable bonds is 3. The number of carbonyl (C=O) groups is 1. The molecule has 3 nitrogen and oxygen atoms in total. The molecule has 4 rings (SSSR count). The van der Waals surface area contributed by atoms with Gasteiger partial charge in [0, 0.05) is 17.5 Å². The van der Waals surface area contributed by atoms with Gasteiger partial charge in [0.25, 0.3) is 0 Å². The lowest BCUT2D eigenvalue weighted by molar-refractivity contribution is -0.133. The molecule has 21 heavy (non-hydrogen) atoms. The van der Waals surface area contributed by atoms with E-state index in [1.165, 1.54) is 0 Å². The first-order valence-electron chi connectivity index (χ1n) is 7.24. The number of aromatic hydroxyl groups is 1. The van der Waals surface area contributed by atoms with Crippen LogP contribution in [-0.4, -0.2) is 18.0 Å². The molecule has 3 aliphatic rings. The van der Waals surface area contributed by atoms with Crippen molar-refractivity contribution in [2.45, 2.75) is 20.3 Å². The number of ketones is 1. The maximum absolute atomic E-state index is 12.1. The Kier molecular flexibility index (Phi) is 3.16. The summed E-state index contributed by atoms with van der Waals surface area (Å²) in [4.78, 5) is 12.1. The number of methoxy groups -OCH3 is 1. The summed E-state index contributed by atoms with van der Waals surface area (Å²) < 4.78 is 5.27. The fourth-order valence-corrected chi connectivity index (χ4v) is 3.53. The van der Waals surface area contributed by atoms with Crippen LogP contribution >= 0.6 is 0 Å². The molecule has 0 radical (unpaired) electrons. The van der Waals surface area contributed by atoms with Crippen LogP contribution in [0.2, 0.25) is 0 Å². The maximum atomic E-state index is 12.1. The van der Waals surface area contributed by atoms with Gasteiger partial charge in [-0.15, -0.1) is 0 Å². The number of phenols is 1. The van der Waals surface area contributed by atoms with Crippen LogP contribution in [0.25, 0.3) is 6.08 Å². The first-order chi connectivity index (χ1) is 9.93. The van der Waals surface area contributed by atoms with Crippen LogP contribution in [0.15, 0.2) is 35.9 Å². The number of hydrogen-bond acceptors (Lipinski definition) is 3. The van der Waals surface area contributed by atoms with Crippen molar-refractivity contribution in [3.63, 3.8) is 0 Å². The lowest BCUT2D eigenvalue weighted by Gasteiger charge is -2.54. The van der Waals surface area contributed by atoms with Gasteiger partial charge >= 0.3 is 0 Å². The molecule has 0 amide bonds. The van der Waals surface area contributed by atoms with Gasteiger partial charge in [-0.05, 0) is 41.5 Å². The quantitative estimate of drug-likeness (QED) is 0.922. The van der Waals surface area contributed by atoms with Gasteiger partial charge in [0.05, 0.1) is 7.11 Å². The Morgan fingerprint density at radius 1 is 1.29 bits per heavy atom. The molecule has 2 bridgehead atoms. The smallest absolute Gasteiger partial charge is 0.159 e. The lowest BCUT2D eigenvalue weighted by atomic mass is 9.48. The fraction of sp³-hybridized carbons (Fsp3) is 0.389. The van der Waals surface area contributed by atoms with Crippen molar-refractivity contribution >= 4 is 11.9 Å². The number of phenolic OH excluding ortho intramolecular Hbond substituents is 1. The summed E-state index contributed by atoms with van der Waals surface area (Å²) in [6.07, 6.45) is 6.71. The van der Waals surface area contributed by atoms with Gasteiger partial charge in [0.15, 0.2) is 5.78 Å². The Bertz CT molecular complexity index is 652. The number of hydrogen-bond donors (Lipinski definition) is 1. The molecule has 3 heteroatoms. The molecule has 2 unspecified atom stereocenters. The molecule has 2 atom stereocenters. The molecule has 1 saturated carbocycles. The minimum absolute atomic E-state index is 0.0740. The normalized spacial score (nSPS) is 26.4. The minimum Gasteiger partial charge on any atom is -0.508 e. The van der Waals surface area contributed by atoms with Gasteiger partial charge in [0.1, 0.15) is 11.5 Å². The maximum Gasteiger partial charge on any atom is 0.159 e. The summed E-state index contributed by atoms with van der Waals surface area (Å²) in [5.74, 6) is 1.71. The van der Waals surface area contributed by atoms with Gasteiger partial charge in [-0.1, -0.05) is 26.0 Å². The Hall–Kier alpha value is -2.03. The first-order valence-corrected chi connectivity index (χ1v) is 7.24. The summed E-state index contributed by atoms with van der Waals surface area (Å²) in [6.45, 7) is 4.34. The van der Waals surface area contributed by atoms with Crippen molar-refractivity contribution in [2.24, 2.45) is 17.3 Å². The average molecular weight is 284 g/mol. The summed E-state index contributed by atoms with van der Waals surface area (Å²) in [5.41, 5.74) is 2.07. The van der Waals surface area contributed by atoms with Crippen molar-refractivity contribution in [1.29, 1.82) is 0 Å². The van der Waals surface area contributed by atoms with E-state index in [4.69, 9.17) is 4.74 Å². The third-order valence-corrected chi connectivity index (χ3v) is 4.99. The second-order valence-electron chi connectivity index (χ2n) is 6.47. The second kappa shape index (κ2) is 4.76. The highest BCUT2D eigenvalue weighted by molar-refractivity contribution is 5.96. The molecule has 0 aliphatic heterocycles. The average Bonchev–Trinajstić information content (AvgIpc) is 2.44. The number of carbonyl (C=O) groups excluding carboxylic acids is 1. The highest BCUT2D eigenvalue weighted by Crippen LogP contribution is 2.58. The second-order valence-corrected chi connectivity index (χ2v) is 6.47. The zero-order valence-electron chi connectivity index (χ0n) is 12.6. The topological polar surface area (TPSA) is 46.5 Å². The first kappa shape index (κ1) is 13.9. The van der Waals surface area contributed by atoms with Crippen LogP contribution in [-0.2, 0) is 4.79 Å². The highest BCUT2D eigenvalue weighted by atomic mass is 16.5. The summed E-state index contributed by atoms with van der Waals surface area (Å²) in [5, 5.41) is 9.48. The predicted molar refractivity (Wildman–Crippen MR) is 82.2 cm³/mol. The van der Waals surface area contributed by atoms with Gasteiger partial charge in [-0.25, -0.2) is 0 Å². The van der Waals surface area contributed by atoms with E-state index >= 15 is 0 Å². The van der Waals surface area contributed by atoms with Gasteiger partial charge in [-0.2, -0.15) is 0 Å². The van der Waals surface area contributed by atoms with E-state index in [-0.39, 0.29) is 22.9 Å². The van der Waals surface area contributed by atoms with Crippen molar-refractivity contribution < 1.29 is 14.6 Å². The van der Waals surface area contributed by atoms with Crippen LogP contribution in [0.4, 0.5) is 0 Å². The molecule has 1 aromatic carbocycles. The largest absolute Gasteiger partial charge is 0.508 e. The van der Waals surface area contributed by atoms with E-state index in [1.54, 1.807) is 25.3 Å². The third-order valence-electron chi connectivity index (χ3n) is 4.99. The molecular formula is C18H20O3. The van der Waals surface area contributed by atoms with Gasteiger partial charge < -0.3 is 9.84 Å². The zero-order chi connectivity index (χ0) is 15.2. The summed E-state index contributed by atoms with van der Waals surface area (Å²) >= 11 is 0. The van der Waals surface area contributed by atoms with E-state index in [0.717, 1.165) is 17.6 Å². The molecule has 0 heterocycles. The van der Waals surface area contributed by atoms with Crippen molar-refractivity contribution in [2.75, 3.05) is 7.11 Å². The molecule has 0 saturated heterocycles. The summed E-state index contributed by atoms with van der Waals surface area (Å²) in [7, 11) is 1.58.